The first-order valence-corrected chi connectivity index (χ1v) is 8.44. The molecule has 8 N–H and O–H groups in total. The van der Waals surface area contributed by atoms with Gasteiger partial charge in [0, 0.05) is 5.75 Å². The summed E-state index contributed by atoms with van der Waals surface area (Å²) < 4.78 is 0. The molecule has 3 amide bonds. The van der Waals surface area contributed by atoms with Crippen LogP contribution in [0.4, 0.5) is 0 Å². The first-order valence-electron chi connectivity index (χ1n) is 7.81. The topological polar surface area (TPSA) is 191 Å². The number of rotatable bonds is 11. The van der Waals surface area contributed by atoms with E-state index in [4.69, 9.17) is 15.9 Å². The van der Waals surface area contributed by atoms with E-state index in [1.165, 1.54) is 0 Å². The first kappa shape index (κ1) is 24.1. The lowest BCUT2D eigenvalue weighted by molar-refractivity contribution is -0.142. The monoisotopic (exact) mass is 394 g/mol. The predicted molar refractivity (Wildman–Crippen MR) is 94.3 cm³/mol. The van der Waals surface area contributed by atoms with Crippen molar-refractivity contribution in [1.29, 1.82) is 0 Å². The molecule has 0 spiro atoms. The Balaban J connectivity index is 5.04. The molecular weight excluding hydrogens is 368 g/mol. The van der Waals surface area contributed by atoms with Gasteiger partial charge in [-0.1, -0.05) is 13.8 Å². The van der Waals surface area contributed by atoms with E-state index >= 15 is 0 Å². The van der Waals surface area contributed by atoms with E-state index in [9.17, 15) is 24.3 Å². The number of aliphatic hydroxyl groups is 2. The quantitative estimate of drug-likeness (QED) is 0.165. The molecule has 4 unspecified atom stereocenters. The summed E-state index contributed by atoms with van der Waals surface area (Å²) in [6.07, 6.45) is 0. The van der Waals surface area contributed by atoms with Crippen molar-refractivity contribution in [2.24, 2.45) is 11.7 Å². The zero-order valence-electron chi connectivity index (χ0n) is 14.5. The molecule has 0 rings (SSSR count). The van der Waals surface area contributed by atoms with E-state index in [2.05, 4.69) is 28.6 Å². The minimum Gasteiger partial charge on any atom is -0.480 e. The van der Waals surface area contributed by atoms with Gasteiger partial charge in [0.15, 0.2) is 0 Å². The number of hydrogen-bond acceptors (Lipinski definition) is 8. The van der Waals surface area contributed by atoms with Gasteiger partial charge in [-0.3, -0.25) is 14.4 Å². The molecule has 0 fully saturated rings. The number of carboxylic acid groups (broad SMARTS) is 1. The molecule has 0 aliphatic rings. The van der Waals surface area contributed by atoms with Gasteiger partial charge < -0.3 is 37.0 Å². The van der Waals surface area contributed by atoms with Gasteiger partial charge in [-0.15, -0.1) is 0 Å². The number of amides is 3. The molecule has 0 aromatic rings. The number of carboxylic acids is 1. The van der Waals surface area contributed by atoms with Crippen LogP contribution in [0, 0.1) is 5.92 Å². The van der Waals surface area contributed by atoms with E-state index in [1.54, 1.807) is 13.8 Å². The molecule has 12 heteroatoms. The van der Waals surface area contributed by atoms with E-state index in [0.29, 0.717) is 0 Å². The highest BCUT2D eigenvalue weighted by atomic mass is 32.1. The SMILES string of the molecule is CC(C)C(NC(=O)C(N)CO)C(=O)NC(CO)C(=O)NC(CS)C(=O)O. The van der Waals surface area contributed by atoms with Gasteiger partial charge in [-0.25, -0.2) is 4.79 Å². The summed E-state index contributed by atoms with van der Waals surface area (Å²) in [5.74, 6) is -4.34. The standard InChI is InChI=1S/C14H26N4O7S/c1-6(2)10(18-11(21)7(15)3-19)13(23)16-8(4-20)12(22)17-9(5-26)14(24)25/h6-10,19-20,26H,3-5,15H2,1-2H3,(H,16,23)(H,17,22)(H,18,21)(H,24,25). The molecule has 0 heterocycles. The Labute approximate surface area is 156 Å². The van der Waals surface area contributed by atoms with Crippen molar-refractivity contribution in [2.45, 2.75) is 38.0 Å². The van der Waals surface area contributed by atoms with Crippen LogP contribution in [0.15, 0.2) is 0 Å². The first-order chi connectivity index (χ1) is 12.1. The number of nitrogens with one attached hydrogen (secondary N) is 3. The molecule has 11 nitrogen and oxygen atoms in total. The summed E-state index contributed by atoms with van der Waals surface area (Å²) in [4.78, 5) is 47.1. The van der Waals surface area contributed by atoms with E-state index < -0.39 is 67.0 Å². The molecule has 0 saturated heterocycles. The molecule has 0 aromatic heterocycles. The van der Waals surface area contributed by atoms with Crippen molar-refractivity contribution in [2.75, 3.05) is 19.0 Å². The third-order valence-electron chi connectivity index (χ3n) is 3.39. The Morgan fingerprint density at radius 1 is 0.923 bits per heavy atom. The molecule has 150 valence electrons. The Kier molecular flexibility index (Phi) is 10.8. The Hall–Kier alpha value is -1.89. The largest absolute Gasteiger partial charge is 0.480 e. The fourth-order valence-electron chi connectivity index (χ4n) is 1.79. The van der Waals surface area contributed by atoms with Gasteiger partial charge in [0.25, 0.3) is 0 Å². The van der Waals surface area contributed by atoms with Gasteiger partial charge in [-0.2, -0.15) is 12.6 Å². The Morgan fingerprint density at radius 3 is 1.85 bits per heavy atom. The van der Waals surface area contributed by atoms with Crippen LogP contribution >= 0.6 is 12.6 Å². The lowest BCUT2D eigenvalue weighted by Crippen LogP contribution is -2.59. The van der Waals surface area contributed by atoms with Gasteiger partial charge in [0.2, 0.25) is 17.7 Å². The summed E-state index contributed by atoms with van der Waals surface area (Å²) in [5.41, 5.74) is 5.38. The molecule has 0 bridgehead atoms. The number of carbonyl (C=O) groups is 4. The van der Waals surface area contributed by atoms with Crippen LogP contribution in [0.1, 0.15) is 13.8 Å². The van der Waals surface area contributed by atoms with E-state index in [1.807, 2.05) is 0 Å². The maximum Gasteiger partial charge on any atom is 0.327 e. The van der Waals surface area contributed by atoms with Crippen molar-refractivity contribution in [1.82, 2.24) is 16.0 Å². The lowest BCUT2D eigenvalue weighted by Gasteiger charge is -2.25. The number of aliphatic hydroxyl groups excluding tert-OH is 2. The van der Waals surface area contributed by atoms with Gasteiger partial charge in [0.1, 0.15) is 24.2 Å². The summed E-state index contributed by atoms with van der Waals surface area (Å²) in [7, 11) is 0. The smallest absolute Gasteiger partial charge is 0.327 e. The Bertz CT molecular complexity index is 518. The predicted octanol–water partition coefficient (Wildman–Crippen LogP) is -3.58. The lowest BCUT2D eigenvalue weighted by atomic mass is 10.0. The number of carbonyl (C=O) groups excluding carboxylic acids is 3. The number of thiol groups is 1. The van der Waals surface area contributed by atoms with Gasteiger partial charge >= 0.3 is 5.97 Å². The zero-order chi connectivity index (χ0) is 20.4. The average molecular weight is 394 g/mol. The molecule has 0 aliphatic heterocycles. The second-order valence-corrected chi connectivity index (χ2v) is 6.21. The summed E-state index contributed by atoms with van der Waals surface area (Å²) >= 11 is 3.80. The minimum absolute atomic E-state index is 0.184. The minimum atomic E-state index is -1.42. The van der Waals surface area contributed by atoms with Crippen LogP contribution in [0.2, 0.25) is 0 Å². The van der Waals surface area contributed by atoms with Crippen LogP contribution in [0.5, 0.6) is 0 Å². The fraction of sp³-hybridized carbons (Fsp3) is 0.714. The maximum atomic E-state index is 12.3. The van der Waals surface area contributed by atoms with E-state index in [-0.39, 0.29) is 5.75 Å². The van der Waals surface area contributed by atoms with Crippen LogP contribution in [-0.2, 0) is 19.2 Å². The summed E-state index contributed by atoms with van der Waals surface area (Å²) in [6.45, 7) is 1.86. The van der Waals surface area contributed by atoms with Crippen molar-refractivity contribution in [3.05, 3.63) is 0 Å². The molecule has 0 aliphatic carbocycles. The third kappa shape index (κ3) is 7.56. The normalized spacial score (nSPS) is 15.5. The zero-order valence-corrected chi connectivity index (χ0v) is 15.4. The number of hydrogen-bond donors (Lipinski definition) is 8. The van der Waals surface area contributed by atoms with Crippen LogP contribution in [0.3, 0.4) is 0 Å². The Morgan fingerprint density at radius 2 is 1.46 bits per heavy atom. The molecular formula is C14H26N4O7S. The highest BCUT2D eigenvalue weighted by Gasteiger charge is 2.31. The number of aliphatic carboxylic acids is 1. The number of nitrogens with two attached hydrogens (primary N) is 1. The average Bonchev–Trinajstić information content (AvgIpc) is 2.59. The summed E-state index contributed by atoms with van der Waals surface area (Å²) in [6, 6.07) is -5.01. The molecule has 0 radical (unpaired) electrons. The molecule has 0 saturated carbocycles. The molecule has 4 atom stereocenters. The van der Waals surface area contributed by atoms with Gasteiger partial charge in [-0.05, 0) is 5.92 Å². The van der Waals surface area contributed by atoms with Crippen molar-refractivity contribution in [3.8, 4) is 0 Å². The van der Waals surface area contributed by atoms with Crippen LogP contribution in [-0.4, -0.2) is 82.1 Å². The highest BCUT2D eigenvalue weighted by Crippen LogP contribution is 2.03. The summed E-state index contributed by atoms with van der Waals surface area (Å²) in [5, 5.41) is 33.8. The highest BCUT2D eigenvalue weighted by molar-refractivity contribution is 7.80. The van der Waals surface area contributed by atoms with Gasteiger partial charge in [0.05, 0.1) is 13.2 Å². The fourth-order valence-corrected chi connectivity index (χ4v) is 2.04. The van der Waals surface area contributed by atoms with Crippen molar-refractivity contribution >= 4 is 36.3 Å². The van der Waals surface area contributed by atoms with E-state index in [0.717, 1.165) is 0 Å². The van der Waals surface area contributed by atoms with Crippen LogP contribution in [0.25, 0.3) is 0 Å². The molecule has 0 aromatic carbocycles. The van der Waals surface area contributed by atoms with Crippen molar-refractivity contribution in [3.63, 3.8) is 0 Å². The second kappa shape index (κ2) is 11.7. The van der Waals surface area contributed by atoms with Crippen molar-refractivity contribution < 1.29 is 34.5 Å². The maximum absolute atomic E-state index is 12.3. The molecule has 26 heavy (non-hydrogen) atoms. The third-order valence-corrected chi connectivity index (χ3v) is 3.76. The van der Waals surface area contributed by atoms with Crippen LogP contribution < -0.4 is 21.7 Å². The second-order valence-electron chi connectivity index (χ2n) is 5.85.